The first kappa shape index (κ1) is 31.6. The molecule has 0 radical (unpaired) electrons. The van der Waals surface area contributed by atoms with Gasteiger partial charge < -0.3 is 25.8 Å². The number of benzene rings is 2. The van der Waals surface area contributed by atoms with Crippen molar-refractivity contribution >= 4 is 33.9 Å². The van der Waals surface area contributed by atoms with Crippen LogP contribution in [0.4, 0.5) is 4.79 Å². The van der Waals surface area contributed by atoms with E-state index in [2.05, 4.69) is 33.5 Å². The monoisotopic (exact) mass is 615 g/mol. The lowest BCUT2D eigenvalue weighted by atomic mass is 9.81. The average Bonchev–Trinajstić information content (AvgIpc) is 2.97. The number of unbranched alkanes of at least 4 members (excludes halogenated alkanes) is 3. The van der Waals surface area contributed by atoms with E-state index in [1.54, 1.807) is 24.3 Å². The van der Waals surface area contributed by atoms with Crippen molar-refractivity contribution in [2.45, 2.75) is 77.4 Å². The summed E-state index contributed by atoms with van der Waals surface area (Å²) in [5.41, 5.74) is 7.47. The SMILES string of the molecule is CCCCCCNC(=O)[C@H](Cc1ccc(OC(=O)OCc2ccccc2Br)cc1)NC(=O)C1CCC(CN)CC1. The molecule has 40 heavy (non-hydrogen) atoms. The lowest BCUT2D eigenvalue weighted by Crippen LogP contribution is -2.50. The van der Waals surface area contributed by atoms with Crippen LogP contribution in [0, 0.1) is 11.8 Å². The molecule has 2 aromatic carbocycles. The second kappa shape index (κ2) is 17.0. The minimum absolute atomic E-state index is 0.0747. The quantitative estimate of drug-likeness (QED) is 0.143. The molecule has 0 unspecified atom stereocenters. The van der Waals surface area contributed by atoms with Crippen LogP contribution in [0.2, 0.25) is 0 Å². The van der Waals surface area contributed by atoms with E-state index in [1.807, 2.05) is 24.3 Å². The molecule has 0 spiro atoms. The molecule has 1 aliphatic rings. The lowest BCUT2D eigenvalue weighted by Gasteiger charge is -2.28. The summed E-state index contributed by atoms with van der Waals surface area (Å²) in [5, 5.41) is 6.01. The van der Waals surface area contributed by atoms with Crippen LogP contribution < -0.4 is 21.1 Å². The highest BCUT2D eigenvalue weighted by atomic mass is 79.9. The lowest BCUT2D eigenvalue weighted by molar-refractivity contribution is -0.131. The van der Waals surface area contributed by atoms with Gasteiger partial charge in [-0.2, -0.15) is 0 Å². The molecular weight excluding hydrogens is 574 g/mol. The number of carbonyl (C=O) groups is 3. The molecule has 3 rings (SSSR count). The summed E-state index contributed by atoms with van der Waals surface area (Å²) in [4.78, 5) is 38.3. The van der Waals surface area contributed by atoms with Gasteiger partial charge in [-0.05, 0) is 68.3 Å². The second-order valence-electron chi connectivity index (χ2n) is 10.4. The Labute approximate surface area is 245 Å². The third-order valence-electron chi connectivity index (χ3n) is 7.38. The molecule has 8 nitrogen and oxygen atoms in total. The van der Waals surface area contributed by atoms with Gasteiger partial charge in [0.1, 0.15) is 18.4 Å². The van der Waals surface area contributed by atoms with Gasteiger partial charge in [-0.1, -0.05) is 72.4 Å². The topological polar surface area (TPSA) is 120 Å². The van der Waals surface area contributed by atoms with Gasteiger partial charge in [0.2, 0.25) is 11.8 Å². The molecule has 218 valence electrons. The van der Waals surface area contributed by atoms with E-state index in [9.17, 15) is 14.4 Å². The summed E-state index contributed by atoms with van der Waals surface area (Å²) < 4.78 is 11.4. The van der Waals surface area contributed by atoms with Crippen LogP contribution in [0.3, 0.4) is 0 Å². The number of hydrogen-bond acceptors (Lipinski definition) is 6. The third-order valence-corrected chi connectivity index (χ3v) is 8.15. The van der Waals surface area contributed by atoms with Crippen molar-refractivity contribution in [2.75, 3.05) is 13.1 Å². The highest BCUT2D eigenvalue weighted by Gasteiger charge is 2.29. The zero-order valence-corrected chi connectivity index (χ0v) is 24.9. The molecule has 0 aliphatic heterocycles. The molecule has 1 atom stereocenters. The van der Waals surface area contributed by atoms with Gasteiger partial charge in [-0.15, -0.1) is 0 Å². The van der Waals surface area contributed by atoms with Crippen molar-refractivity contribution in [1.29, 1.82) is 0 Å². The third kappa shape index (κ3) is 10.6. The molecule has 1 fully saturated rings. The Morgan fingerprint density at radius 3 is 2.40 bits per heavy atom. The summed E-state index contributed by atoms with van der Waals surface area (Å²) in [6, 6.07) is 13.7. The van der Waals surface area contributed by atoms with E-state index in [1.165, 1.54) is 0 Å². The largest absolute Gasteiger partial charge is 0.514 e. The number of ether oxygens (including phenoxy) is 2. The van der Waals surface area contributed by atoms with Crippen LogP contribution >= 0.6 is 15.9 Å². The predicted octanol–water partition coefficient (Wildman–Crippen LogP) is 5.65. The minimum Gasteiger partial charge on any atom is -0.429 e. The predicted molar refractivity (Wildman–Crippen MR) is 159 cm³/mol. The Hall–Kier alpha value is -2.91. The van der Waals surface area contributed by atoms with Crippen molar-refractivity contribution in [2.24, 2.45) is 17.6 Å². The fourth-order valence-corrected chi connectivity index (χ4v) is 5.25. The molecular formula is C31H42BrN3O5. The fraction of sp³-hybridized carbons (Fsp3) is 0.516. The van der Waals surface area contributed by atoms with Gasteiger partial charge >= 0.3 is 6.16 Å². The summed E-state index contributed by atoms with van der Waals surface area (Å²) >= 11 is 3.43. The van der Waals surface area contributed by atoms with E-state index < -0.39 is 12.2 Å². The molecule has 9 heteroatoms. The maximum Gasteiger partial charge on any atom is 0.514 e. The number of nitrogens with one attached hydrogen (secondary N) is 2. The maximum absolute atomic E-state index is 13.1. The first-order chi connectivity index (χ1) is 19.4. The number of hydrogen-bond donors (Lipinski definition) is 3. The maximum atomic E-state index is 13.1. The Balaban J connectivity index is 1.56. The van der Waals surface area contributed by atoms with Gasteiger partial charge in [0.05, 0.1) is 0 Å². The van der Waals surface area contributed by atoms with Crippen molar-refractivity contribution in [1.82, 2.24) is 10.6 Å². The highest BCUT2D eigenvalue weighted by molar-refractivity contribution is 9.10. The van der Waals surface area contributed by atoms with Crippen LogP contribution in [0.1, 0.15) is 69.4 Å². The summed E-state index contributed by atoms with van der Waals surface area (Å²) in [5.74, 6) is 0.453. The number of carbonyl (C=O) groups excluding carboxylic acids is 3. The van der Waals surface area contributed by atoms with Gasteiger partial charge in [-0.3, -0.25) is 9.59 Å². The molecule has 0 bridgehead atoms. The second-order valence-corrected chi connectivity index (χ2v) is 11.3. The van der Waals surface area contributed by atoms with Crippen molar-refractivity contribution < 1.29 is 23.9 Å². The Bertz CT molecular complexity index is 1090. The number of rotatable bonds is 14. The smallest absolute Gasteiger partial charge is 0.429 e. The Morgan fingerprint density at radius 2 is 1.73 bits per heavy atom. The number of amides is 2. The minimum atomic E-state index is -0.805. The fourth-order valence-electron chi connectivity index (χ4n) is 4.85. The van der Waals surface area contributed by atoms with Gasteiger partial charge in [0.15, 0.2) is 0 Å². The van der Waals surface area contributed by atoms with Gasteiger partial charge in [0, 0.05) is 28.9 Å². The first-order valence-corrected chi connectivity index (χ1v) is 15.1. The number of nitrogens with two attached hydrogens (primary N) is 1. The summed E-state index contributed by atoms with van der Waals surface area (Å²) in [7, 11) is 0. The van der Waals surface area contributed by atoms with E-state index >= 15 is 0 Å². The van der Waals surface area contributed by atoms with E-state index in [4.69, 9.17) is 15.2 Å². The molecule has 4 N–H and O–H groups in total. The van der Waals surface area contributed by atoms with Crippen LogP contribution in [0.25, 0.3) is 0 Å². The Kier molecular flexibility index (Phi) is 13.5. The summed E-state index contributed by atoms with van der Waals surface area (Å²) in [6.07, 6.45) is 7.22. The average molecular weight is 617 g/mol. The molecule has 1 aliphatic carbocycles. The number of halogens is 1. The zero-order chi connectivity index (χ0) is 28.7. The molecule has 2 amide bonds. The van der Waals surface area contributed by atoms with Gasteiger partial charge in [-0.25, -0.2) is 4.79 Å². The first-order valence-electron chi connectivity index (χ1n) is 14.3. The van der Waals surface area contributed by atoms with Crippen molar-refractivity contribution in [3.63, 3.8) is 0 Å². The van der Waals surface area contributed by atoms with E-state index in [0.717, 1.165) is 67.0 Å². The molecule has 0 heterocycles. The van der Waals surface area contributed by atoms with Crippen LogP contribution in [-0.2, 0) is 27.4 Å². The summed E-state index contributed by atoms with van der Waals surface area (Å²) in [6.45, 7) is 3.47. The molecule has 2 aromatic rings. The highest BCUT2D eigenvalue weighted by Crippen LogP contribution is 2.28. The van der Waals surface area contributed by atoms with Crippen molar-refractivity contribution in [3.05, 3.63) is 64.1 Å². The normalized spacial score (nSPS) is 17.5. The zero-order valence-electron chi connectivity index (χ0n) is 23.3. The van der Waals surface area contributed by atoms with Crippen LogP contribution in [0.15, 0.2) is 53.0 Å². The van der Waals surface area contributed by atoms with Crippen molar-refractivity contribution in [3.8, 4) is 5.75 Å². The molecule has 1 saturated carbocycles. The van der Waals surface area contributed by atoms with E-state index in [-0.39, 0.29) is 24.3 Å². The molecule has 0 aromatic heterocycles. The van der Waals surface area contributed by atoms with Crippen LogP contribution in [-0.4, -0.2) is 37.1 Å². The standard InChI is InChI=1S/C31H42BrN3O5/c1-2-3-4-7-18-34-30(37)28(35-29(36)24-14-10-23(20-33)11-15-24)19-22-12-16-26(17-13-22)40-31(38)39-21-25-8-5-6-9-27(25)32/h5-6,8-9,12-13,16-17,23-24,28H,2-4,7,10-11,14-15,18-21,33H2,1H3,(H,34,37)(H,35,36)/t23?,24?,28-/m0/s1. The van der Waals surface area contributed by atoms with E-state index in [0.29, 0.717) is 31.2 Å². The van der Waals surface area contributed by atoms with Crippen LogP contribution in [0.5, 0.6) is 5.75 Å². The molecule has 0 saturated heterocycles. The van der Waals surface area contributed by atoms with Gasteiger partial charge in [0.25, 0.3) is 0 Å². The Morgan fingerprint density at radius 1 is 1.00 bits per heavy atom.